The third-order valence-electron chi connectivity index (χ3n) is 13.6. The van der Waals surface area contributed by atoms with E-state index in [-0.39, 0.29) is 160 Å². The summed E-state index contributed by atoms with van der Waals surface area (Å²) in [6.45, 7) is 18.2. The molecule has 0 bridgehead atoms. The summed E-state index contributed by atoms with van der Waals surface area (Å²) >= 11 is 0. The van der Waals surface area contributed by atoms with E-state index in [0.29, 0.717) is 13.0 Å². The Labute approximate surface area is 480 Å². The molecule has 81 heavy (non-hydrogen) atoms. The van der Waals surface area contributed by atoms with Gasteiger partial charge in [-0.15, -0.1) is 0 Å². The van der Waals surface area contributed by atoms with Crippen molar-refractivity contribution in [2.45, 2.75) is 215 Å². The van der Waals surface area contributed by atoms with Gasteiger partial charge in [0.25, 0.3) is 0 Å². The first kappa shape index (κ1) is 74.6. The van der Waals surface area contributed by atoms with Crippen molar-refractivity contribution < 1.29 is 78.0 Å². The van der Waals surface area contributed by atoms with Crippen molar-refractivity contribution in [2.24, 2.45) is 23.7 Å². The van der Waals surface area contributed by atoms with Gasteiger partial charge in [0.1, 0.15) is 24.2 Å². The number of carboxylic acids is 4. The van der Waals surface area contributed by atoms with Gasteiger partial charge in [-0.2, -0.15) is 0 Å². The normalized spacial score (nSPS) is 12.7. The summed E-state index contributed by atoms with van der Waals surface area (Å²) in [6, 6.07) is -4.01. The third-order valence-corrected chi connectivity index (χ3v) is 13.6. The molecule has 0 spiro atoms. The molecular formula is C57H100N8O16. The second-order valence-electron chi connectivity index (χ2n) is 22.0. The summed E-state index contributed by atoms with van der Waals surface area (Å²) in [5.74, 6) is -9.62. The fraction of sp³-hybridized carbons (Fsp3) is 0.789. The number of carboxylic acid groups (broad SMARTS) is 4. The van der Waals surface area contributed by atoms with Crippen LogP contribution in [0.15, 0.2) is 0 Å². The molecule has 4 atom stereocenters. The van der Waals surface area contributed by atoms with Gasteiger partial charge in [0.2, 0.25) is 47.3 Å². The molecule has 0 saturated carbocycles. The molecule has 464 valence electrons. The number of carbonyl (C=O) groups excluding carboxylic acids is 8. The molecule has 0 aromatic rings. The maximum absolute atomic E-state index is 14.7. The fourth-order valence-electron chi connectivity index (χ4n) is 9.56. The Morgan fingerprint density at radius 1 is 0.296 bits per heavy atom. The molecule has 0 radical (unpaired) electrons. The first-order chi connectivity index (χ1) is 38.1. The van der Waals surface area contributed by atoms with Gasteiger partial charge in [0.05, 0.1) is 0 Å². The number of carbonyl (C=O) groups is 12. The zero-order valence-corrected chi connectivity index (χ0v) is 50.2. The summed E-state index contributed by atoms with van der Waals surface area (Å²) in [4.78, 5) is 162. The molecule has 0 heterocycles. The van der Waals surface area contributed by atoms with Gasteiger partial charge in [-0.1, -0.05) is 82.1 Å². The van der Waals surface area contributed by atoms with Gasteiger partial charge >= 0.3 is 23.9 Å². The first-order valence-corrected chi connectivity index (χ1v) is 29.3. The Balaban J connectivity index is 7.03. The van der Waals surface area contributed by atoms with E-state index >= 15 is 0 Å². The predicted molar refractivity (Wildman–Crippen MR) is 303 cm³/mol. The molecule has 8 amide bonds. The minimum atomic E-state index is -1.13. The van der Waals surface area contributed by atoms with Crippen LogP contribution in [0.1, 0.15) is 191 Å². The molecule has 24 heteroatoms. The maximum atomic E-state index is 14.7. The summed E-state index contributed by atoms with van der Waals surface area (Å²) in [6.07, 6.45) is 2.16. The summed E-state index contributed by atoms with van der Waals surface area (Å²) in [7, 11) is 0. The van der Waals surface area contributed by atoms with Gasteiger partial charge in [-0.05, 0) is 81.5 Å². The van der Waals surface area contributed by atoms with E-state index in [1.165, 1.54) is 19.6 Å². The van der Waals surface area contributed by atoms with Crippen molar-refractivity contribution in [3.63, 3.8) is 0 Å². The van der Waals surface area contributed by atoms with Gasteiger partial charge in [-0.25, -0.2) is 0 Å². The smallest absolute Gasteiger partial charge is 0.303 e. The second-order valence-corrected chi connectivity index (χ2v) is 22.0. The van der Waals surface area contributed by atoms with E-state index in [2.05, 4.69) is 21.3 Å². The molecule has 0 aromatic carbocycles. The Hall–Kier alpha value is -6.36. The zero-order chi connectivity index (χ0) is 61.8. The number of hydrogen-bond donors (Lipinski definition) is 8. The van der Waals surface area contributed by atoms with Crippen LogP contribution in [0.5, 0.6) is 0 Å². The molecule has 0 aliphatic carbocycles. The SMILES string of the molecule is CCCCNC(=O)C(C(C)C)N(CCCC(=O)N(CCCC(=O)N(CCCC(=O)O)C(C(=O)NCCCC(=O)O)C(C)C)C(C(=O)NCCCC(=O)N(CCCC(=O)O)C(C(=O)NCCCC(=O)O)C(C)C)C(C)C)C(=O)CCCC. The van der Waals surface area contributed by atoms with Gasteiger partial charge in [-0.3, -0.25) is 57.5 Å². The summed E-state index contributed by atoms with van der Waals surface area (Å²) < 4.78 is 0. The van der Waals surface area contributed by atoms with Crippen molar-refractivity contribution in [3.8, 4) is 0 Å². The van der Waals surface area contributed by atoms with Crippen LogP contribution in [0.3, 0.4) is 0 Å². The van der Waals surface area contributed by atoms with Crippen molar-refractivity contribution in [3.05, 3.63) is 0 Å². The monoisotopic (exact) mass is 1150 g/mol. The van der Waals surface area contributed by atoms with Gasteiger partial charge < -0.3 is 61.3 Å². The van der Waals surface area contributed by atoms with Crippen LogP contribution in [0.25, 0.3) is 0 Å². The van der Waals surface area contributed by atoms with Crippen molar-refractivity contribution in [2.75, 3.05) is 52.4 Å². The molecule has 4 unspecified atom stereocenters. The molecule has 0 aromatic heterocycles. The lowest BCUT2D eigenvalue weighted by atomic mass is 9.98. The van der Waals surface area contributed by atoms with Gasteiger partial charge in [0, 0.05) is 104 Å². The van der Waals surface area contributed by atoms with E-state index in [1.807, 2.05) is 27.7 Å². The average Bonchev–Trinajstić information content (AvgIpc) is 3.37. The molecular weight excluding hydrogens is 1050 g/mol. The first-order valence-electron chi connectivity index (χ1n) is 29.3. The largest absolute Gasteiger partial charge is 0.481 e. The quantitative estimate of drug-likeness (QED) is 0.0385. The third kappa shape index (κ3) is 30.3. The molecule has 8 N–H and O–H groups in total. The maximum Gasteiger partial charge on any atom is 0.303 e. The number of nitrogens with one attached hydrogen (secondary N) is 4. The highest BCUT2D eigenvalue weighted by Crippen LogP contribution is 2.22. The minimum Gasteiger partial charge on any atom is -0.481 e. The molecule has 24 nitrogen and oxygen atoms in total. The molecule has 0 fully saturated rings. The predicted octanol–water partition coefficient (Wildman–Crippen LogP) is 4.65. The van der Waals surface area contributed by atoms with E-state index in [9.17, 15) is 67.7 Å². The van der Waals surface area contributed by atoms with Crippen molar-refractivity contribution >= 4 is 71.1 Å². The molecule has 0 aliphatic heterocycles. The lowest BCUT2D eigenvalue weighted by molar-refractivity contribution is -0.145. The molecule has 0 aliphatic rings. The van der Waals surface area contributed by atoms with Crippen LogP contribution < -0.4 is 21.3 Å². The fourth-order valence-corrected chi connectivity index (χ4v) is 9.56. The topological polar surface area (TPSA) is 347 Å². The Morgan fingerprint density at radius 2 is 0.494 bits per heavy atom. The van der Waals surface area contributed by atoms with Crippen LogP contribution >= 0.6 is 0 Å². The van der Waals surface area contributed by atoms with Crippen LogP contribution in [0.4, 0.5) is 0 Å². The highest BCUT2D eigenvalue weighted by Gasteiger charge is 2.37. The number of nitrogens with zero attached hydrogens (tertiary/aromatic N) is 4. The van der Waals surface area contributed by atoms with E-state index < -0.39 is 101 Å². The van der Waals surface area contributed by atoms with E-state index in [1.54, 1.807) is 41.5 Å². The van der Waals surface area contributed by atoms with E-state index in [4.69, 9.17) is 10.2 Å². The van der Waals surface area contributed by atoms with Crippen molar-refractivity contribution in [1.82, 2.24) is 40.9 Å². The Bertz CT molecular complexity index is 2020. The number of amides is 8. The summed E-state index contributed by atoms with van der Waals surface area (Å²) in [5.41, 5.74) is 0. The highest BCUT2D eigenvalue weighted by atomic mass is 16.4. The molecule has 0 rings (SSSR count). The Kier molecular flexibility index (Phi) is 38.3. The average molecular weight is 1150 g/mol. The van der Waals surface area contributed by atoms with Crippen LogP contribution in [-0.2, 0) is 57.5 Å². The second kappa shape index (κ2) is 41.6. The number of rotatable bonds is 46. The van der Waals surface area contributed by atoms with Crippen molar-refractivity contribution in [1.29, 1.82) is 0 Å². The van der Waals surface area contributed by atoms with Crippen LogP contribution in [-0.4, -0.2) is 188 Å². The number of unbranched alkanes of at least 4 members (excludes halogenated alkanes) is 2. The summed E-state index contributed by atoms with van der Waals surface area (Å²) in [5, 5.41) is 48.1. The van der Waals surface area contributed by atoms with E-state index in [0.717, 1.165) is 19.3 Å². The minimum absolute atomic E-state index is 0.00704. The highest BCUT2D eigenvalue weighted by molar-refractivity contribution is 5.91. The van der Waals surface area contributed by atoms with Crippen LogP contribution in [0.2, 0.25) is 0 Å². The standard InChI is InChI=1S/C57H100N8O16/c1-11-13-22-42(66)62(50(38(3)4)54(78)58-30-14-12-2)34-18-24-44(68)63(35-19-25-45(69)65(37-21-29-49(76)77)53(41(9)10)57(81)61-33-17-27-47(72)73)51(39(5)6)55(79)59-31-15-23-43(67)64(36-20-28-48(74)75)52(40(7)8)56(80)60-32-16-26-46(70)71/h38-41,50-53H,11-37H2,1-10H3,(H,58,78)(H,59,79)(H,60,80)(H,61,81)(H,70,71)(H,72,73)(H,74,75)(H,76,77). The lowest BCUT2D eigenvalue weighted by Crippen LogP contribution is -2.54. The van der Waals surface area contributed by atoms with Crippen LogP contribution in [0, 0.1) is 23.7 Å². The number of hydrogen-bond acceptors (Lipinski definition) is 12. The Morgan fingerprint density at radius 3 is 0.728 bits per heavy atom. The molecule has 0 saturated heterocycles. The lowest BCUT2D eigenvalue weighted by Gasteiger charge is -2.36. The van der Waals surface area contributed by atoms with Gasteiger partial charge in [0.15, 0.2) is 0 Å². The number of aliphatic carboxylic acids is 4. The zero-order valence-electron chi connectivity index (χ0n) is 50.2.